The highest BCUT2D eigenvalue weighted by atomic mass is 32.2. The molecule has 0 atom stereocenters. The van der Waals surface area contributed by atoms with E-state index in [-0.39, 0.29) is 16.3 Å². The third-order valence-electron chi connectivity index (χ3n) is 3.04. The van der Waals surface area contributed by atoms with E-state index >= 15 is 0 Å². The average molecular weight is 340 g/mol. The van der Waals surface area contributed by atoms with E-state index in [0.717, 1.165) is 17.7 Å². The molecule has 0 saturated heterocycles. The molecule has 0 aromatic heterocycles. The molecule has 0 spiro atoms. The maximum Gasteiger partial charge on any atom is 0.307 e. The van der Waals surface area contributed by atoms with Gasteiger partial charge in [0.05, 0.1) is 22.6 Å². The highest BCUT2D eigenvalue weighted by Crippen LogP contribution is 2.33. The molecule has 0 bridgehead atoms. The monoisotopic (exact) mass is 340 g/mol. The van der Waals surface area contributed by atoms with Crippen molar-refractivity contribution in [2.45, 2.75) is 11.8 Å². The van der Waals surface area contributed by atoms with Crippen LogP contribution in [0.2, 0.25) is 0 Å². The molecular weight excluding hydrogens is 327 g/mol. The summed E-state index contributed by atoms with van der Waals surface area (Å²) in [6.07, 6.45) is 0. The molecule has 0 heterocycles. The van der Waals surface area contributed by atoms with Crippen molar-refractivity contribution in [3.8, 4) is 5.75 Å². The highest BCUT2D eigenvalue weighted by molar-refractivity contribution is 7.92. The summed E-state index contributed by atoms with van der Waals surface area (Å²) in [5.74, 6) is -1.28. The van der Waals surface area contributed by atoms with E-state index in [1.54, 1.807) is 19.1 Å². The number of halogens is 1. The second-order valence-corrected chi connectivity index (χ2v) is 6.36. The molecule has 0 fully saturated rings. The fourth-order valence-electron chi connectivity index (χ4n) is 1.85. The van der Waals surface area contributed by atoms with Crippen molar-refractivity contribution >= 4 is 21.4 Å². The van der Waals surface area contributed by atoms with E-state index in [9.17, 15) is 22.9 Å². The number of benzene rings is 2. The number of methoxy groups -OCH3 is 1. The first kappa shape index (κ1) is 16.7. The largest absolute Gasteiger partial charge is 0.494 e. The lowest BCUT2D eigenvalue weighted by Gasteiger charge is -2.12. The first-order chi connectivity index (χ1) is 10.7. The molecule has 0 aliphatic carbocycles. The number of sulfonamides is 1. The Morgan fingerprint density at radius 2 is 1.83 bits per heavy atom. The number of anilines is 1. The highest BCUT2D eigenvalue weighted by Gasteiger charge is 2.22. The minimum absolute atomic E-state index is 0.0304. The van der Waals surface area contributed by atoms with Gasteiger partial charge in [0.25, 0.3) is 10.0 Å². The van der Waals surface area contributed by atoms with Crippen molar-refractivity contribution < 1.29 is 22.5 Å². The fraction of sp³-hybridized carbons (Fsp3) is 0.143. The summed E-state index contributed by atoms with van der Waals surface area (Å²) < 4.78 is 45.2. The van der Waals surface area contributed by atoms with Crippen molar-refractivity contribution in [3.63, 3.8) is 0 Å². The Bertz CT molecular complexity index is 850. The van der Waals surface area contributed by atoms with Gasteiger partial charge in [0.15, 0.2) is 0 Å². The average Bonchev–Trinajstić information content (AvgIpc) is 2.48. The maximum absolute atomic E-state index is 13.6. The van der Waals surface area contributed by atoms with Crippen molar-refractivity contribution in [1.82, 2.24) is 0 Å². The number of nitro groups is 1. The Morgan fingerprint density at radius 3 is 2.35 bits per heavy atom. The van der Waals surface area contributed by atoms with E-state index in [2.05, 4.69) is 4.72 Å². The number of aryl methyl sites for hydroxylation is 1. The first-order valence-corrected chi connectivity index (χ1v) is 7.84. The van der Waals surface area contributed by atoms with Crippen LogP contribution >= 0.6 is 0 Å². The van der Waals surface area contributed by atoms with Crippen LogP contribution in [0.5, 0.6) is 5.75 Å². The molecule has 9 heteroatoms. The second-order valence-electron chi connectivity index (χ2n) is 4.68. The lowest BCUT2D eigenvalue weighted by atomic mass is 10.2. The summed E-state index contributed by atoms with van der Waals surface area (Å²) in [5.41, 5.74) is -0.201. The van der Waals surface area contributed by atoms with Crippen LogP contribution in [-0.2, 0) is 10.0 Å². The zero-order valence-corrected chi connectivity index (χ0v) is 13.1. The number of ether oxygens (including phenoxy) is 1. The molecule has 0 unspecified atom stereocenters. The lowest BCUT2D eigenvalue weighted by Crippen LogP contribution is -2.14. The predicted molar refractivity (Wildman–Crippen MR) is 81.6 cm³/mol. The minimum atomic E-state index is -3.99. The molecule has 0 radical (unpaired) electrons. The topological polar surface area (TPSA) is 98.5 Å². The molecule has 0 aliphatic rings. The summed E-state index contributed by atoms with van der Waals surface area (Å²) in [7, 11) is -2.79. The number of nitrogens with zero attached hydrogens (tertiary/aromatic N) is 1. The Kier molecular flexibility index (Phi) is 4.50. The molecule has 7 nitrogen and oxygen atoms in total. The molecule has 2 aromatic carbocycles. The number of nitrogens with one attached hydrogen (secondary N) is 1. The van der Waals surface area contributed by atoms with E-state index in [1.165, 1.54) is 19.2 Å². The molecule has 2 rings (SSSR count). The lowest BCUT2D eigenvalue weighted by molar-refractivity contribution is -0.387. The smallest absolute Gasteiger partial charge is 0.307 e. The zero-order chi connectivity index (χ0) is 17.2. The van der Waals surface area contributed by atoms with Crippen LogP contribution in [0, 0.1) is 22.9 Å². The van der Waals surface area contributed by atoms with Crippen LogP contribution in [0.3, 0.4) is 0 Å². The van der Waals surface area contributed by atoms with Gasteiger partial charge in [0, 0.05) is 12.1 Å². The maximum atomic E-state index is 13.6. The molecule has 2 aromatic rings. The molecule has 0 aliphatic heterocycles. The van der Waals surface area contributed by atoms with E-state index in [0.29, 0.717) is 0 Å². The molecule has 23 heavy (non-hydrogen) atoms. The standard InChI is InChI=1S/C14H13FN2O5S/c1-9-3-5-10(6-4-9)23(20,21)16-12-8-13(17(18)19)11(15)7-14(12)22-2/h3-8,16H,1-2H3. The summed E-state index contributed by atoms with van der Waals surface area (Å²) in [6, 6.07) is 7.53. The number of rotatable bonds is 5. The normalized spacial score (nSPS) is 11.1. The van der Waals surface area contributed by atoms with Gasteiger partial charge in [0.2, 0.25) is 5.82 Å². The van der Waals surface area contributed by atoms with E-state index < -0.39 is 26.5 Å². The van der Waals surface area contributed by atoms with Gasteiger partial charge in [-0.3, -0.25) is 14.8 Å². The van der Waals surface area contributed by atoms with Crippen LogP contribution in [0.15, 0.2) is 41.3 Å². The van der Waals surface area contributed by atoms with Gasteiger partial charge in [-0.25, -0.2) is 8.42 Å². The minimum Gasteiger partial charge on any atom is -0.494 e. The number of hydrogen-bond donors (Lipinski definition) is 1. The Labute approximate surface area is 131 Å². The van der Waals surface area contributed by atoms with E-state index in [1.807, 2.05) is 0 Å². The van der Waals surface area contributed by atoms with Gasteiger partial charge in [-0.2, -0.15) is 4.39 Å². The first-order valence-electron chi connectivity index (χ1n) is 6.36. The van der Waals surface area contributed by atoms with E-state index in [4.69, 9.17) is 4.74 Å². The molecule has 1 N–H and O–H groups in total. The summed E-state index contributed by atoms with van der Waals surface area (Å²) in [5, 5.41) is 10.8. The van der Waals surface area contributed by atoms with Crippen molar-refractivity contribution in [1.29, 1.82) is 0 Å². The second kappa shape index (κ2) is 6.21. The Hall–Kier alpha value is -2.68. The molecular formula is C14H13FN2O5S. The van der Waals surface area contributed by atoms with Gasteiger partial charge >= 0.3 is 5.69 Å². The van der Waals surface area contributed by atoms with Crippen LogP contribution < -0.4 is 9.46 Å². The molecule has 122 valence electrons. The third-order valence-corrected chi connectivity index (χ3v) is 4.42. The van der Waals surface area contributed by atoms with Crippen molar-refractivity contribution in [2.75, 3.05) is 11.8 Å². The van der Waals surface area contributed by atoms with Crippen molar-refractivity contribution in [3.05, 3.63) is 57.9 Å². The van der Waals surface area contributed by atoms with Gasteiger partial charge in [-0.1, -0.05) is 17.7 Å². The van der Waals surface area contributed by atoms with Gasteiger partial charge in [0.1, 0.15) is 5.75 Å². The summed E-state index contributed by atoms with van der Waals surface area (Å²) >= 11 is 0. The fourth-order valence-corrected chi connectivity index (χ4v) is 2.91. The number of hydrogen-bond acceptors (Lipinski definition) is 5. The van der Waals surface area contributed by atoms with Crippen LogP contribution in [-0.4, -0.2) is 20.5 Å². The summed E-state index contributed by atoms with van der Waals surface area (Å²) in [4.78, 5) is 9.82. The molecule has 0 saturated carbocycles. The Morgan fingerprint density at radius 1 is 1.22 bits per heavy atom. The SMILES string of the molecule is COc1cc(F)c([N+](=O)[O-])cc1NS(=O)(=O)c1ccc(C)cc1. The molecule has 0 amide bonds. The van der Waals surface area contributed by atoms with Crippen LogP contribution in [0.4, 0.5) is 15.8 Å². The van der Waals surface area contributed by atoms with Gasteiger partial charge in [-0.15, -0.1) is 0 Å². The Balaban J connectivity index is 2.47. The zero-order valence-electron chi connectivity index (χ0n) is 12.2. The predicted octanol–water partition coefficient (Wildman–Crippen LogP) is 2.85. The van der Waals surface area contributed by atoms with Crippen LogP contribution in [0.25, 0.3) is 0 Å². The van der Waals surface area contributed by atoms with Gasteiger partial charge < -0.3 is 4.74 Å². The third kappa shape index (κ3) is 3.57. The quantitative estimate of drug-likeness (QED) is 0.666. The summed E-state index contributed by atoms with van der Waals surface area (Å²) in [6.45, 7) is 1.80. The van der Waals surface area contributed by atoms with Crippen LogP contribution in [0.1, 0.15) is 5.56 Å². The number of nitro benzene ring substituents is 1. The van der Waals surface area contributed by atoms with Gasteiger partial charge in [-0.05, 0) is 19.1 Å². The van der Waals surface area contributed by atoms with Crippen molar-refractivity contribution in [2.24, 2.45) is 0 Å².